The average Bonchev–Trinajstić information content (AvgIpc) is 2.04. The zero-order valence-corrected chi connectivity index (χ0v) is 7.55. The Bertz CT molecular complexity index is 430. The van der Waals surface area contributed by atoms with E-state index in [9.17, 15) is 4.39 Å². The minimum absolute atomic E-state index is 0.306. The summed E-state index contributed by atoms with van der Waals surface area (Å²) in [4.78, 5) is 7.83. The van der Waals surface area contributed by atoms with Crippen molar-refractivity contribution >= 4 is 27.0 Å². The van der Waals surface area contributed by atoms with E-state index < -0.39 is 0 Å². The van der Waals surface area contributed by atoms with Gasteiger partial charge in [0.25, 0.3) is 0 Å². The molecule has 0 aliphatic carbocycles. The van der Waals surface area contributed by atoms with Gasteiger partial charge in [0.2, 0.25) is 0 Å². The van der Waals surface area contributed by atoms with E-state index in [-0.39, 0.29) is 5.82 Å². The van der Waals surface area contributed by atoms with E-state index in [1.165, 1.54) is 18.5 Å². The molecule has 0 saturated carbocycles. The number of aromatic nitrogens is 2. The van der Waals surface area contributed by atoms with Gasteiger partial charge in [0, 0.05) is 16.9 Å². The van der Waals surface area contributed by atoms with Gasteiger partial charge in [-0.15, -0.1) is 0 Å². The minimum Gasteiger partial charge on any atom is -0.253 e. The molecule has 0 spiro atoms. The summed E-state index contributed by atoms with van der Waals surface area (Å²) < 4.78 is 13.8. The van der Waals surface area contributed by atoms with Crippen molar-refractivity contribution in [2.75, 3.05) is 0 Å². The van der Waals surface area contributed by atoms with E-state index in [4.69, 9.17) is 0 Å². The zero-order valence-electron chi connectivity index (χ0n) is 5.96. The Morgan fingerprint density at radius 2 is 1.92 bits per heavy atom. The molecule has 0 atom stereocenters. The van der Waals surface area contributed by atoms with E-state index in [0.29, 0.717) is 15.5 Å². The first-order valence-electron chi connectivity index (χ1n) is 3.33. The number of fused-ring (bicyclic) bond motifs is 1. The molecule has 2 aromatic rings. The fourth-order valence-corrected chi connectivity index (χ4v) is 1.42. The Hall–Kier alpha value is -1.03. The molecule has 0 saturated heterocycles. The highest BCUT2D eigenvalue weighted by Crippen LogP contribution is 2.19. The van der Waals surface area contributed by atoms with E-state index in [1.54, 1.807) is 6.07 Å². The van der Waals surface area contributed by atoms with Gasteiger partial charge in [-0.05, 0) is 12.1 Å². The smallest absolute Gasteiger partial charge is 0.152 e. The lowest BCUT2D eigenvalue weighted by atomic mass is 10.3. The van der Waals surface area contributed by atoms with Crippen LogP contribution in [0.5, 0.6) is 0 Å². The van der Waals surface area contributed by atoms with Crippen molar-refractivity contribution in [2.24, 2.45) is 0 Å². The summed E-state index contributed by atoms with van der Waals surface area (Å²) in [5.74, 6) is -0.354. The maximum absolute atomic E-state index is 13.1. The van der Waals surface area contributed by atoms with Crippen molar-refractivity contribution < 1.29 is 4.39 Å². The van der Waals surface area contributed by atoms with E-state index in [1.807, 2.05) is 0 Å². The molecule has 0 fully saturated rings. The van der Waals surface area contributed by atoms with Crippen LogP contribution in [-0.2, 0) is 0 Å². The zero-order chi connectivity index (χ0) is 8.55. The normalized spacial score (nSPS) is 10.5. The number of halogens is 2. The van der Waals surface area contributed by atoms with Gasteiger partial charge < -0.3 is 0 Å². The molecule has 1 aromatic heterocycles. The Morgan fingerprint density at radius 1 is 1.17 bits per heavy atom. The molecular weight excluding hydrogens is 223 g/mol. The number of nitrogens with zero attached hydrogens (tertiary/aromatic N) is 2. The standard InChI is InChI=1S/C8H4BrFN2/c9-5-3-6(10)8-7(4-5)11-1-2-12-8/h1-4H. The Morgan fingerprint density at radius 3 is 2.75 bits per heavy atom. The van der Waals surface area contributed by atoms with Crippen molar-refractivity contribution in [1.29, 1.82) is 0 Å². The lowest BCUT2D eigenvalue weighted by Crippen LogP contribution is -1.86. The van der Waals surface area contributed by atoms with Gasteiger partial charge in [0.05, 0.1) is 5.52 Å². The first-order chi connectivity index (χ1) is 5.77. The van der Waals surface area contributed by atoms with Gasteiger partial charge in [-0.25, -0.2) is 9.37 Å². The summed E-state index contributed by atoms with van der Waals surface area (Å²) in [7, 11) is 0. The third-order valence-electron chi connectivity index (χ3n) is 1.49. The van der Waals surface area contributed by atoms with Crippen LogP contribution >= 0.6 is 15.9 Å². The number of rotatable bonds is 0. The summed E-state index contributed by atoms with van der Waals surface area (Å²) >= 11 is 3.18. The summed E-state index contributed by atoms with van der Waals surface area (Å²) in [5, 5.41) is 0. The van der Waals surface area contributed by atoms with Gasteiger partial charge in [0.1, 0.15) is 5.52 Å². The van der Waals surface area contributed by atoms with Crippen LogP contribution < -0.4 is 0 Å². The minimum atomic E-state index is -0.354. The lowest BCUT2D eigenvalue weighted by Gasteiger charge is -1.97. The molecule has 0 N–H and O–H groups in total. The van der Waals surface area contributed by atoms with Gasteiger partial charge >= 0.3 is 0 Å². The summed E-state index contributed by atoms with van der Waals surface area (Å²) in [6.45, 7) is 0. The first kappa shape index (κ1) is 7.61. The topological polar surface area (TPSA) is 25.8 Å². The molecule has 0 radical (unpaired) electrons. The predicted octanol–water partition coefficient (Wildman–Crippen LogP) is 2.53. The second kappa shape index (κ2) is 2.79. The molecule has 1 heterocycles. The summed E-state index contributed by atoms with van der Waals surface area (Å²) in [5.41, 5.74) is 0.866. The Kier molecular flexibility index (Phi) is 1.77. The fraction of sp³-hybridized carbons (Fsp3) is 0. The maximum atomic E-state index is 13.1. The van der Waals surface area contributed by atoms with Gasteiger partial charge in [-0.3, -0.25) is 4.98 Å². The van der Waals surface area contributed by atoms with Crippen molar-refractivity contribution in [2.45, 2.75) is 0 Å². The Balaban J connectivity index is 2.89. The number of hydrogen-bond acceptors (Lipinski definition) is 2. The highest BCUT2D eigenvalue weighted by atomic mass is 79.9. The van der Waals surface area contributed by atoms with Crippen molar-refractivity contribution in [3.05, 3.63) is 34.8 Å². The molecule has 4 heteroatoms. The third-order valence-corrected chi connectivity index (χ3v) is 1.95. The van der Waals surface area contributed by atoms with Crippen LogP contribution in [0.15, 0.2) is 29.0 Å². The SMILES string of the molecule is Fc1cc(Br)cc2nccnc12. The monoisotopic (exact) mass is 226 g/mol. The first-order valence-corrected chi connectivity index (χ1v) is 4.12. The van der Waals surface area contributed by atoms with E-state index in [0.717, 1.165) is 0 Å². The van der Waals surface area contributed by atoms with Gasteiger partial charge in [-0.2, -0.15) is 0 Å². The highest BCUT2D eigenvalue weighted by molar-refractivity contribution is 9.10. The average molecular weight is 227 g/mol. The molecule has 0 aliphatic rings. The molecule has 2 nitrogen and oxygen atoms in total. The van der Waals surface area contributed by atoms with Crippen molar-refractivity contribution in [1.82, 2.24) is 9.97 Å². The van der Waals surface area contributed by atoms with Crippen LogP contribution in [-0.4, -0.2) is 9.97 Å². The largest absolute Gasteiger partial charge is 0.253 e. The second-order valence-electron chi connectivity index (χ2n) is 2.31. The lowest BCUT2D eigenvalue weighted by molar-refractivity contribution is 0.635. The fourth-order valence-electron chi connectivity index (χ4n) is 1.00. The second-order valence-corrected chi connectivity index (χ2v) is 3.23. The van der Waals surface area contributed by atoms with Crippen molar-refractivity contribution in [3.8, 4) is 0 Å². The molecule has 0 amide bonds. The predicted molar refractivity (Wildman–Crippen MR) is 47.2 cm³/mol. The number of hydrogen-bond donors (Lipinski definition) is 0. The molecular formula is C8H4BrFN2. The molecule has 1 aromatic carbocycles. The molecule has 0 aliphatic heterocycles. The van der Waals surface area contributed by atoms with Crippen LogP contribution in [0.25, 0.3) is 11.0 Å². The van der Waals surface area contributed by atoms with Crippen LogP contribution in [0, 0.1) is 5.82 Å². The van der Waals surface area contributed by atoms with Crippen LogP contribution in [0.3, 0.4) is 0 Å². The maximum Gasteiger partial charge on any atom is 0.152 e. The summed E-state index contributed by atoms with van der Waals surface area (Å²) in [6, 6.07) is 3.10. The molecule has 60 valence electrons. The molecule has 12 heavy (non-hydrogen) atoms. The Labute approximate surface area is 76.6 Å². The number of benzene rings is 1. The van der Waals surface area contributed by atoms with E-state index in [2.05, 4.69) is 25.9 Å². The molecule has 0 unspecified atom stereocenters. The summed E-state index contributed by atoms with van der Waals surface area (Å²) in [6.07, 6.45) is 3.01. The highest BCUT2D eigenvalue weighted by Gasteiger charge is 2.02. The van der Waals surface area contributed by atoms with Gasteiger partial charge in [0.15, 0.2) is 5.82 Å². The van der Waals surface area contributed by atoms with Crippen LogP contribution in [0.4, 0.5) is 4.39 Å². The third kappa shape index (κ3) is 1.18. The molecule has 0 bridgehead atoms. The van der Waals surface area contributed by atoms with Gasteiger partial charge in [-0.1, -0.05) is 15.9 Å². The van der Waals surface area contributed by atoms with Crippen molar-refractivity contribution in [3.63, 3.8) is 0 Å². The van der Waals surface area contributed by atoms with Crippen LogP contribution in [0.1, 0.15) is 0 Å². The van der Waals surface area contributed by atoms with E-state index >= 15 is 0 Å². The van der Waals surface area contributed by atoms with Crippen LogP contribution in [0.2, 0.25) is 0 Å². The molecule has 2 rings (SSSR count). The quantitative estimate of drug-likeness (QED) is 0.691.